The minimum absolute atomic E-state index is 0.0138. The first-order valence-electron chi connectivity index (χ1n) is 29.6. The van der Waals surface area contributed by atoms with E-state index in [2.05, 4.69) is 44.3 Å². The van der Waals surface area contributed by atoms with Crippen molar-refractivity contribution in [1.82, 2.24) is 9.80 Å². The van der Waals surface area contributed by atoms with Crippen molar-refractivity contribution in [3.63, 3.8) is 0 Å². The van der Waals surface area contributed by atoms with Gasteiger partial charge in [-0.25, -0.2) is 54.5 Å². The summed E-state index contributed by atoms with van der Waals surface area (Å²) in [5, 5.41) is 0.531. The molecular formula is C62H85F8N7O8S3Si2. The van der Waals surface area contributed by atoms with E-state index in [0.717, 1.165) is 53.8 Å². The molecule has 498 valence electrons. The van der Waals surface area contributed by atoms with Crippen molar-refractivity contribution in [2.24, 2.45) is 38.5 Å². The Morgan fingerprint density at radius 2 is 1.00 bits per heavy atom. The number of benzene rings is 3. The lowest BCUT2D eigenvalue weighted by molar-refractivity contribution is -0.141. The van der Waals surface area contributed by atoms with Gasteiger partial charge in [0.25, 0.3) is 0 Å². The van der Waals surface area contributed by atoms with Crippen LogP contribution in [0.25, 0.3) is 0 Å². The Bertz CT molecular complexity index is 3320. The van der Waals surface area contributed by atoms with Crippen LogP contribution in [0.3, 0.4) is 0 Å². The Morgan fingerprint density at radius 1 is 0.589 bits per heavy atom. The molecule has 3 aliphatic heterocycles. The van der Waals surface area contributed by atoms with Gasteiger partial charge >= 0.3 is 18.2 Å². The van der Waals surface area contributed by atoms with E-state index in [1.54, 1.807) is 62.3 Å². The largest absolute Gasteiger partial charge is 0.468 e. The third-order valence-electron chi connectivity index (χ3n) is 16.6. The lowest BCUT2D eigenvalue weighted by atomic mass is 9.85. The van der Waals surface area contributed by atoms with Gasteiger partial charge in [-0.2, -0.15) is 0 Å². The first-order valence-corrected chi connectivity index (χ1v) is 39.5. The van der Waals surface area contributed by atoms with E-state index in [1.165, 1.54) is 59.0 Å². The highest BCUT2D eigenvalue weighted by atomic mass is 32.2. The molecule has 0 bridgehead atoms. The number of aliphatic imine (C=N–C) groups is 3. The van der Waals surface area contributed by atoms with Crippen LogP contribution >= 0.6 is 35.3 Å². The number of hydrogen-bond acceptors (Lipinski definition) is 16. The number of nitrogens with two attached hydrogens (primary N) is 2. The summed E-state index contributed by atoms with van der Waals surface area (Å²) in [7, 11) is -1.46. The maximum Gasteiger partial charge on any atom is 0.418 e. The Morgan fingerprint density at radius 3 is 1.42 bits per heavy atom. The molecule has 6 aliphatic rings. The number of carbonyl (C=O) groups is 3. The van der Waals surface area contributed by atoms with Crippen LogP contribution in [0, 0.1) is 52.7 Å². The number of halogens is 8. The Kier molecular flexibility index (Phi) is 21.4. The fourth-order valence-corrected chi connectivity index (χ4v) is 17.3. The smallest absolute Gasteiger partial charge is 0.418 e. The number of carbonyl (C=O) groups excluding carboxylic acids is 3. The maximum atomic E-state index is 15.0. The summed E-state index contributed by atoms with van der Waals surface area (Å²) < 4.78 is 139. The Balaban J connectivity index is 0.000000199. The highest BCUT2D eigenvalue weighted by Gasteiger charge is 2.73. The van der Waals surface area contributed by atoms with Gasteiger partial charge in [0, 0.05) is 69.5 Å². The zero-order valence-electron chi connectivity index (χ0n) is 54.0. The summed E-state index contributed by atoms with van der Waals surface area (Å²) >= 11 is 3.42. The number of thioether (sulfide) groups is 3. The number of esters is 1. The molecule has 2 amide bonds. The van der Waals surface area contributed by atoms with E-state index in [9.17, 15) is 45.1 Å². The van der Waals surface area contributed by atoms with Crippen molar-refractivity contribution in [2.45, 2.75) is 175 Å². The number of amidine groups is 3. The number of fused-ring (bicyclic) bond motifs is 3. The van der Waals surface area contributed by atoms with Crippen molar-refractivity contribution in [1.29, 1.82) is 0 Å². The summed E-state index contributed by atoms with van der Waals surface area (Å²) in [5.74, 6) is -7.55. The normalized spacial score (nSPS) is 28.1. The summed E-state index contributed by atoms with van der Waals surface area (Å²) in [5.41, 5.74) is 6.34. The van der Waals surface area contributed by atoms with Crippen LogP contribution in [0.5, 0.6) is 0 Å². The van der Waals surface area contributed by atoms with Crippen LogP contribution in [0.4, 0.5) is 50.4 Å². The van der Waals surface area contributed by atoms with Gasteiger partial charge in [0.15, 0.2) is 50.4 Å². The fourth-order valence-electron chi connectivity index (χ4n) is 11.3. The van der Waals surface area contributed by atoms with Gasteiger partial charge in [0.1, 0.15) is 42.8 Å². The van der Waals surface area contributed by atoms with Crippen molar-refractivity contribution in [3.8, 4) is 0 Å². The van der Waals surface area contributed by atoms with Gasteiger partial charge in [0.05, 0.1) is 33.2 Å². The number of hydrogen-bond donors (Lipinski definition) is 2. The number of methoxy groups -OCH3 is 1. The molecule has 3 aromatic carbocycles. The molecule has 4 N–H and O–H groups in total. The monoisotopic (exact) mass is 1360 g/mol. The van der Waals surface area contributed by atoms with E-state index in [1.807, 2.05) is 0 Å². The van der Waals surface area contributed by atoms with Gasteiger partial charge in [-0.15, -0.1) is 0 Å². The van der Waals surface area contributed by atoms with Crippen LogP contribution < -0.4 is 11.5 Å². The molecule has 0 saturated heterocycles. The summed E-state index contributed by atoms with van der Waals surface area (Å²) in [6.07, 6.45) is -0.0794. The maximum absolute atomic E-state index is 15.0. The number of nitrogens with zero attached hydrogens (tertiary/aromatic N) is 5. The van der Waals surface area contributed by atoms with E-state index >= 15 is 4.39 Å². The molecule has 9 atom stereocenters. The standard InChI is InChI=1S/C25H36F2N2O5SSi.C24H35F3N2O3SSi.C13H14F3N3S/c1-23(2,3)34-22(31)29(15-33-12-13-36(6,7)8)21-28-24(4,16-10-9-11-17(26)19(16)27)18-14-25(18,35-21)20(30)32-5;1-22(2,3)32-21(30)29(15-31-11-12-34(5,6)7)20-28-23(4,18-13-24(18,14-25)33-20)16-9-8-10-17(26)19(16)27;1-12(7-2-6(17)3-8(15)10(7)16)9-4-13(9,5-14)20-11(18)19-12/h9-11,18H,12-15H2,1-8H3;8-10,18H,11-15H2,1-7H3;2-3,9H,4-5,17H2,1H3,(H2,18,19)/t18-,24+,25-;18-,23+,24+;9-,12+,13+/m000/s1. The zero-order chi connectivity index (χ0) is 67.3. The number of alkyl halides is 2. The van der Waals surface area contributed by atoms with Crippen LogP contribution in [0.1, 0.15) is 98.3 Å². The third kappa shape index (κ3) is 15.8. The molecule has 0 aromatic heterocycles. The minimum atomic E-state index is -1.38. The number of nitrogen functional groups attached to an aromatic ring is 1. The first-order chi connectivity index (χ1) is 41.5. The van der Waals surface area contributed by atoms with E-state index in [-0.39, 0.29) is 63.2 Å². The predicted molar refractivity (Wildman–Crippen MR) is 345 cm³/mol. The Labute approximate surface area is 537 Å². The second-order valence-corrected chi connectivity index (χ2v) is 44.0. The van der Waals surface area contributed by atoms with Crippen LogP contribution in [0.15, 0.2) is 63.5 Å². The molecule has 3 fully saturated rings. The van der Waals surface area contributed by atoms with Crippen molar-refractivity contribution in [3.05, 3.63) is 100 Å². The topological polar surface area (TPSA) is 193 Å². The molecule has 28 heteroatoms. The van der Waals surface area contributed by atoms with E-state index in [4.69, 9.17) is 45.1 Å². The molecule has 0 spiro atoms. The summed E-state index contributed by atoms with van der Waals surface area (Å²) in [6, 6.07) is 11.9. The van der Waals surface area contributed by atoms with E-state index < -0.39 is 131 Å². The van der Waals surface area contributed by atoms with Crippen LogP contribution in [-0.2, 0) is 45.1 Å². The quantitative estimate of drug-likeness (QED) is 0.0262. The van der Waals surface area contributed by atoms with Crippen molar-refractivity contribution >= 4 is 90.8 Å². The van der Waals surface area contributed by atoms with Crippen LogP contribution in [-0.4, -0.2) is 132 Å². The second-order valence-electron chi connectivity index (χ2n) is 28.6. The molecule has 9 rings (SSSR count). The lowest BCUT2D eigenvalue weighted by Crippen LogP contribution is -2.47. The van der Waals surface area contributed by atoms with Gasteiger partial charge in [-0.05, 0) is 118 Å². The molecule has 3 saturated carbocycles. The highest BCUT2D eigenvalue weighted by Crippen LogP contribution is 2.69. The first kappa shape index (κ1) is 72.5. The summed E-state index contributed by atoms with van der Waals surface area (Å²) in [4.78, 5) is 55.6. The van der Waals surface area contributed by atoms with Crippen molar-refractivity contribution < 1.29 is 73.2 Å². The van der Waals surface area contributed by atoms with Gasteiger partial charge in [-0.1, -0.05) is 98.8 Å². The zero-order valence-corrected chi connectivity index (χ0v) is 58.5. The third-order valence-corrected chi connectivity index (χ3v) is 24.2. The summed E-state index contributed by atoms with van der Waals surface area (Å²) in [6.45, 7) is 28.1. The second kappa shape index (κ2) is 26.5. The molecule has 0 unspecified atom stereocenters. The molecular weight excluding hydrogens is 1280 g/mol. The lowest BCUT2D eigenvalue weighted by Gasteiger charge is -2.37. The molecule has 0 radical (unpaired) electrons. The molecule has 3 aromatic rings. The fraction of sp³-hybridized carbons (Fsp3) is 0.613. The Hall–Kier alpha value is -4.88. The van der Waals surface area contributed by atoms with Gasteiger partial charge < -0.3 is 35.2 Å². The average molecular weight is 1360 g/mol. The van der Waals surface area contributed by atoms with Crippen molar-refractivity contribution in [2.75, 3.05) is 52.9 Å². The molecule has 3 heterocycles. The highest BCUT2D eigenvalue weighted by molar-refractivity contribution is 8.16. The molecule has 90 heavy (non-hydrogen) atoms. The number of anilines is 1. The number of amides is 2. The molecule has 15 nitrogen and oxygen atoms in total. The molecule has 3 aliphatic carbocycles. The van der Waals surface area contributed by atoms with Gasteiger partial charge in [-0.3, -0.25) is 19.8 Å². The van der Waals surface area contributed by atoms with Crippen LogP contribution in [0.2, 0.25) is 51.4 Å². The number of rotatable bonds is 16. The van der Waals surface area contributed by atoms with E-state index in [0.29, 0.717) is 32.5 Å². The SMILES string of the molecule is CC(C)(C)OC(=O)N(COCC[Si](C)(C)C)C1=N[C@](C)(c2cccc(F)c2F)[C@@H]2C[C@]2(CF)S1.COC(=O)[C@]12C[C@H]1[C@@](C)(c1cccc(F)c1F)N=C(N(COCC[Si](C)(C)C)C(=O)OC(C)(C)C)S2.C[C@]1(c2cc(N)cc(F)c2F)N=C(N)S[C@@]2(CF)C[C@H]21. The predicted octanol–water partition coefficient (Wildman–Crippen LogP) is 14.9. The average Bonchev–Trinajstić information content (AvgIpc) is 1.54. The minimum Gasteiger partial charge on any atom is -0.468 e. The number of ether oxygens (including phenoxy) is 5. The van der Waals surface area contributed by atoms with Gasteiger partial charge in [0.2, 0.25) is 0 Å².